The van der Waals surface area contributed by atoms with Gasteiger partial charge in [-0.25, -0.2) is 0 Å². The van der Waals surface area contributed by atoms with Crippen molar-refractivity contribution in [1.29, 1.82) is 0 Å². The zero-order chi connectivity index (χ0) is 18.9. The van der Waals surface area contributed by atoms with Gasteiger partial charge in [0, 0.05) is 32.5 Å². The average Bonchev–Trinajstić information content (AvgIpc) is 3.13. The molecule has 3 nitrogen and oxygen atoms in total. The zero-order valence-corrected chi connectivity index (χ0v) is 15.9. The van der Waals surface area contributed by atoms with Crippen LogP contribution in [-0.4, -0.2) is 5.11 Å². The molecule has 5 rings (SSSR count). The average molecular weight is 386 g/mol. The number of benzene rings is 3. The van der Waals surface area contributed by atoms with E-state index in [-0.39, 0.29) is 6.61 Å². The summed E-state index contributed by atoms with van der Waals surface area (Å²) in [6.07, 6.45) is 0. The molecule has 1 aromatic heterocycles. The van der Waals surface area contributed by atoms with E-state index < -0.39 is 0 Å². The number of rotatable bonds is 4. The highest BCUT2D eigenvalue weighted by molar-refractivity contribution is 7.16. The SMILES string of the molecule is OCc1cc2c(s1)-c1ccc(OCc3ccccc3)cc1Oc1ccccc1-2. The zero-order valence-electron chi connectivity index (χ0n) is 15.1. The van der Waals surface area contributed by atoms with Gasteiger partial charge in [0.25, 0.3) is 0 Å². The second kappa shape index (κ2) is 7.15. The second-order valence-electron chi connectivity index (χ2n) is 6.64. The van der Waals surface area contributed by atoms with E-state index in [9.17, 15) is 5.11 Å². The summed E-state index contributed by atoms with van der Waals surface area (Å²) in [7, 11) is 0. The number of fused-ring (bicyclic) bond motifs is 5. The van der Waals surface area contributed by atoms with E-state index >= 15 is 0 Å². The van der Waals surface area contributed by atoms with E-state index in [0.29, 0.717) is 6.61 Å². The molecule has 4 heteroatoms. The van der Waals surface area contributed by atoms with Gasteiger partial charge in [0.2, 0.25) is 0 Å². The first-order chi connectivity index (χ1) is 13.8. The van der Waals surface area contributed by atoms with Crippen molar-refractivity contribution in [3.05, 3.63) is 89.3 Å². The van der Waals surface area contributed by atoms with Gasteiger partial charge in [-0.05, 0) is 29.8 Å². The topological polar surface area (TPSA) is 38.7 Å². The minimum atomic E-state index is 0.0360. The maximum atomic E-state index is 9.63. The van der Waals surface area contributed by atoms with E-state index in [2.05, 4.69) is 12.1 Å². The molecule has 138 valence electrons. The summed E-state index contributed by atoms with van der Waals surface area (Å²) in [4.78, 5) is 2.05. The lowest BCUT2D eigenvalue weighted by atomic mass is 10.0. The van der Waals surface area contributed by atoms with Crippen LogP contribution < -0.4 is 9.47 Å². The van der Waals surface area contributed by atoms with Crippen molar-refractivity contribution in [2.75, 3.05) is 0 Å². The summed E-state index contributed by atoms with van der Waals surface area (Å²) < 4.78 is 12.3. The van der Waals surface area contributed by atoms with Gasteiger partial charge in [-0.15, -0.1) is 11.3 Å². The Morgan fingerprint density at radius 3 is 2.46 bits per heavy atom. The van der Waals surface area contributed by atoms with Crippen LogP contribution in [0.1, 0.15) is 10.4 Å². The summed E-state index contributed by atoms with van der Waals surface area (Å²) >= 11 is 1.60. The van der Waals surface area contributed by atoms with Crippen LogP contribution in [0.3, 0.4) is 0 Å². The molecule has 1 aliphatic rings. The lowest BCUT2D eigenvalue weighted by Crippen LogP contribution is -1.95. The Morgan fingerprint density at radius 2 is 1.61 bits per heavy atom. The second-order valence-corrected chi connectivity index (χ2v) is 7.78. The van der Waals surface area contributed by atoms with Crippen molar-refractivity contribution in [1.82, 2.24) is 0 Å². The standard InChI is InChI=1S/C24H18O3S/c25-14-18-13-21-19-8-4-5-9-22(19)27-23-12-17(10-11-20(23)24(21)28-18)26-15-16-6-2-1-3-7-16/h1-13,25H,14-15H2. The van der Waals surface area contributed by atoms with Gasteiger partial charge in [-0.3, -0.25) is 0 Å². The summed E-state index contributed by atoms with van der Waals surface area (Å²) in [6.45, 7) is 0.545. The molecular weight excluding hydrogens is 368 g/mol. The maximum Gasteiger partial charge on any atom is 0.139 e. The van der Waals surface area contributed by atoms with Gasteiger partial charge < -0.3 is 14.6 Å². The number of aliphatic hydroxyl groups excluding tert-OH is 1. The molecule has 28 heavy (non-hydrogen) atoms. The molecule has 3 aromatic carbocycles. The summed E-state index contributed by atoms with van der Waals surface area (Å²) in [6, 6.07) is 26.1. The first kappa shape index (κ1) is 17.0. The van der Waals surface area contributed by atoms with E-state index in [1.54, 1.807) is 11.3 Å². The highest BCUT2D eigenvalue weighted by Gasteiger charge is 2.23. The van der Waals surface area contributed by atoms with Gasteiger partial charge >= 0.3 is 0 Å². The number of thiophene rings is 1. The Kier molecular flexibility index (Phi) is 4.35. The molecule has 0 saturated heterocycles. The molecule has 2 heterocycles. The molecular formula is C24H18O3S. The van der Waals surface area contributed by atoms with Crippen LogP contribution in [0.2, 0.25) is 0 Å². The first-order valence-corrected chi connectivity index (χ1v) is 9.95. The van der Waals surface area contributed by atoms with Crippen LogP contribution in [-0.2, 0) is 13.2 Å². The predicted molar refractivity (Wildman–Crippen MR) is 112 cm³/mol. The Morgan fingerprint density at radius 1 is 0.786 bits per heavy atom. The summed E-state index contributed by atoms with van der Waals surface area (Å²) in [5.41, 5.74) is 4.28. The molecule has 4 aromatic rings. The molecule has 0 aliphatic carbocycles. The fraction of sp³-hybridized carbons (Fsp3) is 0.0833. The Labute approximate surface area is 167 Å². The highest BCUT2D eigenvalue weighted by atomic mass is 32.1. The van der Waals surface area contributed by atoms with E-state index in [1.165, 1.54) is 0 Å². The van der Waals surface area contributed by atoms with Crippen molar-refractivity contribution >= 4 is 11.3 Å². The minimum Gasteiger partial charge on any atom is -0.489 e. The van der Waals surface area contributed by atoms with Crippen molar-refractivity contribution in [3.63, 3.8) is 0 Å². The molecule has 0 unspecified atom stereocenters. The lowest BCUT2D eigenvalue weighted by Gasteiger charge is -2.12. The molecule has 0 amide bonds. The molecule has 0 radical (unpaired) electrons. The van der Waals surface area contributed by atoms with Crippen molar-refractivity contribution in [2.45, 2.75) is 13.2 Å². The molecule has 1 N–H and O–H groups in total. The first-order valence-electron chi connectivity index (χ1n) is 9.14. The number of aliphatic hydroxyl groups is 1. The summed E-state index contributed by atoms with van der Waals surface area (Å²) in [5, 5.41) is 9.63. The fourth-order valence-electron chi connectivity index (χ4n) is 3.42. The van der Waals surface area contributed by atoms with Gasteiger partial charge in [0.05, 0.1) is 6.61 Å². The number of hydrogen-bond acceptors (Lipinski definition) is 4. The maximum absolute atomic E-state index is 9.63. The van der Waals surface area contributed by atoms with Crippen molar-refractivity contribution in [3.8, 4) is 38.8 Å². The molecule has 1 aliphatic heterocycles. The van der Waals surface area contributed by atoms with Gasteiger partial charge in [0.15, 0.2) is 0 Å². The van der Waals surface area contributed by atoms with Crippen LogP contribution >= 0.6 is 11.3 Å². The largest absolute Gasteiger partial charge is 0.489 e. The molecule has 0 atom stereocenters. The van der Waals surface area contributed by atoms with Crippen LogP contribution in [0.15, 0.2) is 78.9 Å². The molecule has 0 saturated carbocycles. The molecule has 0 fully saturated rings. The van der Waals surface area contributed by atoms with E-state index in [4.69, 9.17) is 9.47 Å². The molecule has 0 bridgehead atoms. The highest BCUT2D eigenvalue weighted by Crippen LogP contribution is 2.50. The fourth-order valence-corrected chi connectivity index (χ4v) is 4.48. The van der Waals surface area contributed by atoms with Gasteiger partial charge in [-0.1, -0.05) is 48.5 Å². The molecule has 0 spiro atoms. The van der Waals surface area contributed by atoms with Crippen LogP contribution in [0.25, 0.3) is 21.6 Å². The third-order valence-corrected chi connectivity index (χ3v) is 5.94. The number of para-hydroxylation sites is 1. The smallest absolute Gasteiger partial charge is 0.139 e. The Bertz CT molecular complexity index is 1130. The van der Waals surface area contributed by atoms with Crippen molar-refractivity contribution in [2.24, 2.45) is 0 Å². The predicted octanol–water partition coefficient (Wildman–Crippen LogP) is 6.26. The lowest BCUT2D eigenvalue weighted by molar-refractivity contribution is 0.285. The van der Waals surface area contributed by atoms with Crippen LogP contribution in [0, 0.1) is 0 Å². The Hall–Kier alpha value is -3.08. The van der Waals surface area contributed by atoms with Gasteiger partial charge in [-0.2, -0.15) is 0 Å². The monoisotopic (exact) mass is 386 g/mol. The third-order valence-electron chi connectivity index (χ3n) is 4.78. The van der Waals surface area contributed by atoms with Crippen LogP contribution in [0.4, 0.5) is 0 Å². The van der Waals surface area contributed by atoms with Gasteiger partial charge in [0.1, 0.15) is 23.9 Å². The third kappa shape index (κ3) is 3.07. The quantitative estimate of drug-likeness (QED) is 0.396. The van der Waals surface area contributed by atoms with E-state index in [0.717, 1.165) is 49.3 Å². The number of ether oxygens (including phenoxy) is 2. The normalized spacial score (nSPS) is 11.6. The Balaban J connectivity index is 1.55. The minimum absolute atomic E-state index is 0.0360. The number of hydrogen-bond donors (Lipinski definition) is 1. The van der Waals surface area contributed by atoms with Crippen molar-refractivity contribution < 1.29 is 14.6 Å². The van der Waals surface area contributed by atoms with Crippen LogP contribution in [0.5, 0.6) is 17.2 Å². The van der Waals surface area contributed by atoms with E-state index in [1.807, 2.05) is 66.7 Å². The summed E-state index contributed by atoms with van der Waals surface area (Å²) in [5.74, 6) is 2.34.